The third kappa shape index (κ3) is 11.9. The second-order valence-electron chi connectivity index (χ2n) is 29.6. The van der Waals surface area contributed by atoms with E-state index < -0.39 is 0 Å². The van der Waals surface area contributed by atoms with Crippen molar-refractivity contribution in [2.75, 3.05) is 0 Å². The number of rotatable bonds is 11. The molecule has 4 heterocycles. The molecule has 0 aliphatic heterocycles. The third-order valence-corrected chi connectivity index (χ3v) is 22.9. The van der Waals surface area contributed by atoms with Crippen LogP contribution in [0.3, 0.4) is 0 Å². The van der Waals surface area contributed by atoms with Gasteiger partial charge < -0.3 is 9.13 Å². The topological polar surface area (TPSA) is 87.2 Å². The number of fused-ring (bicyclic) bond motifs is 18. The van der Waals surface area contributed by atoms with Crippen LogP contribution < -0.4 is 0 Å². The normalized spacial score (nSPS) is 11.6. The molecule has 0 spiro atoms. The summed E-state index contributed by atoms with van der Waals surface area (Å²) >= 11 is 0. The zero-order chi connectivity index (χ0) is 76.6. The van der Waals surface area contributed by atoms with Crippen molar-refractivity contribution in [3.8, 4) is 113 Å². The van der Waals surface area contributed by atoms with Gasteiger partial charge in [-0.05, 0) is 201 Å². The van der Waals surface area contributed by atoms with Gasteiger partial charge in [0.1, 0.15) is 0 Å². The van der Waals surface area contributed by atoms with Crippen LogP contribution in [0.1, 0.15) is 0 Å². The number of hydrogen-bond donors (Lipinski definition) is 0. The predicted octanol–water partition coefficient (Wildman–Crippen LogP) is 27.9. The van der Waals surface area contributed by atoms with Gasteiger partial charge in [0, 0.05) is 66.3 Å². The fourth-order valence-electron chi connectivity index (χ4n) is 17.3. The Morgan fingerprint density at radius 1 is 0.121 bits per heavy atom. The first-order valence-electron chi connectivity index (χ1n) is 39.3. The van der Waals surface area contributed by atoms with Gasteiger partial charge in [-0.25, -0.2) is 29.9 Å². The Balaban J connectivity index is 0.000000141. The van der Waals surface area contributed by atoms with E-state index in [2.05, 4.69) is 397 Å². The van der Waals surface area contributed by atoms with Gasteiger partial charge in [0.25, 0.3) is 0 Å². The highest BCUT2D eigenvalue weighted by atomic mass is 15.0. The predicted molar refractivity (Wildman–Crippen MR) is 482 cm³/mol. The molecule has 0 amide bonds. The molecule has 0 atom stereocenters. The van der Waals surface area contributed by atoms with E-state index in [4.69, 9.17) is 29.9 Å². The van der Waals surface area contributed by atoms with Crippen molar-refractivity contribution in [3.63, 3.8) is 0 Å². The lowest BCUT2D eigenvalue weighted by Crippen LogP contribution is -2.01. The highest BCUT2D eigenvalue weighted by Gasteiger charge is 2.22. The van der Waals surface area contributed by atoms with E-state index in [1.54, 1.807) is 0 Å². The molecular weight excluding hydrogens is 1410 g/mol. The zero-order valence-corrected chi connectivity index (χ0v) is 62.8. The Kier molecular flexibility index (Phi) is 16.4. The Labute approximate surface area is 668 Å². The lowest BCUT2D eigenvalue weighted by molar-refractivity contribution is 1.07. The molecule has 0 fully saturated rings. The summed E-state index contributed by atoms with van der Waals surface area (Å²) in [6.07, 6.45) is 0. The molecule has 0 saturated heterocycles. The molecule has 116 heavy (non-hydrogen) atoms. The number of para-hydroxylation sites is 2. The molecule has 23 aromatic rings. The number of nitrogens with zero attached hydrogens (tertiary/aromatic N) is 8. The largest absolute Gasteiger partial charge is 0.309 e. The molecule has 0 aliphatic rings. The van der Waals surface area contributed by atoms with Crippen molar-refractivity contribution in [2.45, 2.75) is 0 Å². The summed E-state index contributed by atoms with van der Waals surface area (Å²) in [6.45, 7) is 0. The summed E-state index contributed by atoms with van der Waals surface area (Å²) in [5.74, 6) is 3.80. The van der Waals surface area contributed by atoms with Crippen LogP contribution in [0.2, 0.25) is 0 Å². The summed E-state index contributed by atoms with van der Waals surface area (Å²) in [5, 5.41) is 19.6. The first-order valence-corrected chi connectivity index (χ1v) is 39.3. The van der Waals surface area contributed by atoms with Gasteiger partial charge >= 0.3 is 0 Å². The van der Waals surface area contributed by atoms with Crippen molar-refractivity contribution in [1.29, 1.82) is 0 Å². The minimum atomic E-state index is 0.620. The first-order chi connectivity index (χ1) is 57.5. The summed E-state index contributed by atoms with van der Waals surface area (Å²) in [6, 6.07) is 146. The number of aromatic nitrogens is 8. The van der Waals surface area contributed by atoms with Gasteiger partial charge in [0.15, 0.2) is 34.9 Å². The van der Waals surface area contributed by atoms with Crippen LogP contribution in [0.25, 0.3) is 221 Å². The average Bonchev–Trinajstić information content (AvgIpc) is 0.896. The maximum absolute atomic E-state index is 5.23. The lowest BCUT2D eigenvalue weighted by Gasteiger charge is -2.13. The molecule has 0 N–H and O–H groups in total. The molecule has 0 saturated carbocycles. The molecule has 23 rings (SSSR count). The molecule has 19 aromatic carbocycles. The van der Waals surface area contributed by atoms with Gasteiger partial charge in [-0.2, -0.15) is 0 Å². The van der Waals surface area contributed by atoms with Gasteiger partial charge in [-0.3, -0.25) is 0 Å². The van der Waals surface area contributed by atoms with Gasteiger partial charge in [0.2, 0.25) is 0 Å². The maximum Gasteiger partial charge on any atom is 0.164 e. The van der Waals surface area contributed by atoms with Crippen LogP contribution in [0.4, 0.5) is 0 Å². The molecule has 0 unspecified atom stereocenters. The first kappa shape index (κ1) is 67.3. The van der Waals surface area contributed by atoms with Crippen LogP contribution in [0, 0.1) is 0 Å². The molecule has 4 aromatic heterocycles. The Morgan fingerprint density at radius 3 is 0.690 bits per heavy atom. The standard InChI is InChI=1S/C57H36N4.C51H32N4/c1-3-14-37(15-4-1)40-18-13-19-42(34-40)56-58-55(59-57(60-56)43-28-32-49-47-22-8-7-20-45(47)46-21-9-10-23-48(46)51(49)36-43)39-26-30-44(31-27-39)61-53-25-12-11-24-50(53)52-35-41(29-33-54(52)61)38-16-5-2-6-17-38;1-3-13-33(14-4-1)36-26-30-48-46(31-36)44-21-11-12-22-47(44)55(48)38-27-23-35(24-28-38)50-52-49(34-15-5-2-6-16-34)53-51(54-50)37-25-29-43-41-19-8-7-17-39(41)40-18-9-10-20-42(40)45(43)32-37/h1-36H;1-32H. The zero-order valence-electron chi connectivity index (χ0n) is 62.8. The smallest absolute Gasteiger partial charge is 0.164 e. The second kappa shape index (κ2) is 28.3. The molecule has 0 radical (unpaired) electrons. The summed E-state index contributed by atoms with van der Waals surface area (Å²) in [7, 11) is 0. The van der Waals surface area contributed by atoms with Crippen molar-refractivity contribution < 1.29 is 0 Å². The summed E-state index contributed by atoms with van der Waals surface area (Å²) < 4.78 is 4.70. The van der Waals surface area contributed by atoms with Crippen LogP contribution in [0.15, 0.2) is 413 Å². The molecular formula is C108H68N8. The second-order valence-corrected chi connectivity index (χ2v) is 29.6. The van der Waals surface area contributed by atoms with E-state index in [9.17, 15) is 0 Å². The van der Waals surface area contributed by atoms with Crippen molar-refractivity contribution in [3.05, 3.63) is 413 Å². The molecule has 0 bridgehead atoms. The highest BCUT2D eigenvalue weighted by molar-refractivity contribution is 6.27. The Hall–Kier alpha value is -15.6. The van der Waals surface area contributed by atoms with E-state index in [1.807, 2.05) is 24.3 Å². The van der Waals surface area contributed by atoms with Crippen LogP contribution in [0.5, 0.6) is 0 Å². The summed E-state index contributed by atoms with van der Waals surface area (Å²) in [4.78, 5) is 30.9. The average molecular weight is 1480 g/mol. The van der Waals surface area contributed by atoms with Crippen LogP contribution in [-0.2, 0) is 0 Å². The third-order valence-electron chi connectivity index (χ3n) is 22.9. The Morgan fingerprint density at radius 2 is 0.336 bits per heavy atom. The van der Waals surface area contributed by atoms with E-state index in [-0.39, 0.29) is 0 Å². The lowest BCUT2D eigenvalue weighted by atomic mass is 9.93. The maximum atomic E-state index is 5.23. The van der Waals surface area contributed by atoms with E-state index in [0.717, 1.165) is 66.9 Å². The highest BCUT2D eigenvalue weighted by Crippen LogP contribution is 2.43. The van der Waals surface area contributed by atoms with Crippen molar-refractivity contribution in [2.24, 2.45) is 0 Å². The summed E-state index contributed by atoms with van der Waals surface area (Å²) in [5.41, 5.74) is 19.5. The SMILES string of the molecule is c1ccc(-c2ccc3c(c2)c2ccccc2n3-c2ccc(-c3nc(-c4ccccc4)nc(-c4ccc5c6ccccc6c6ccccc6c5c4)n3)cc2)cc1.c1ccc(-c2cccc(-c3nc(-c4ccc(-n5c6ccccc6c6cc(-c7ccccc7)ccc65)cc4)nc(-c4ccc5c6ccccc6c6ccccc6c5c4)n3)c2)cc1. The minimum Gasteiger partial charge on any atom is -0.309 e. The number of hydrogen-bond acceptors (Lipinski definition) is 6. The van der Waals surface area contributed by atoms with Crippen LogP contribution in [-0.4, -0.2) is 39.0 Å². The number of benzene rings is 19. The van der Waals surface area contributed by atoms with Gasteiger partial charge in [0.05, 0.1) is 22.1 Å². The van der Waals surface area contributed by atoms with E-state index in [0.29, 0.717) is 34.9 Å². The minimum absolute atomic E-state index is 0.620. The monoisotopic (exact) mass is 1480 g/mol. The molecule has 540 valence electrons. The Bertz CT molecular complexity index is 7720. The van der Waals surface area contributed by atoms with Crippen LogP contribution >= 0.6 is 0 Å². The quantitative estimate of drug-likeness (QED) is 0.120. The molecule has 0 aliphatic carbocycles. The fourth-order valence-corrected chi connectivity index (χ4v) is 17.3. The molecule has 8 nitrogen and oxygen atoms in total. The van der Waals surface area contributed by atoms with E-state index >= 15 is 0 Å². The van der Waals surface area contributed by atoms with Crippen molar-refractivity contribution >= 4 is 108 Å². The molecule has 8 heteroatoms. The fraction of sp³-hybridized carbons (Fsp3) is 0. The van der Waals surface area contributed by atoms with Gasteiger partial charge in [-0.15, -0.1) is 0 Å². The van der Waals surface area contributed by atoms with Crippen molar-refractivity contribution in [1.82, 2.24) is 39.0 Å². The van der Waals surface area contributed by atoms with E-state index in [1.165, 1.54) is 119 Å². The van der Waals surface area contributed by atoms with Gasteiger partial charge in [-0.1, -0.05) is 309 Å².